The molecule has 0 bridgehead atoms. The van der Waals surface area contributed by atoms with E-state index in [0.717, 1.165) is 10.8 Å². The van der Waals surface area contributed by atoms with E-state index in [-0.39, 0.29) is 5.91 Å². The number of carbonyl (C=O) groups excluding carboxylic acids is 1. The Kier molecular flexibility index (Phi) is 3.28. The van der Waals surface area contributed by atoms with Gasteiger partial charge in [0.1, 0.15) is 0 Å². The van der Waals surface area contributed by atoms with Crippen LogP contribution in [0.1, 0.15) is 18.5 Å². The van der Waals surface area contributed by atoms with Crippen molar-refractivity contribution in [2.75, 3.05) is 0 Å². The molecular formula is C14H13NO3. The van der Waals surface area contributed by atoms with Crippen molar-refractivity contribution in [3.8, 4) is 0 Å². The Morgan fingerprint density at radius 1 is 1.11 bits per heavy atom. The summed E-state index contributed by atoms with van der Waals surface area (Å²) in [5.41, 5.74) is 0.593. The molecule has 0 radical (unpaired) electrons. The first kappa shape index (κ1) is 12.1. The summed E-state index contributed by atoms with van der Waals surface area (Å²) in [5, 5.41) is 13.5. The van der Waals surface area contributed by atoms with Crippen molar-refractivity contribution in [3.63, 3.8) is 0 Å². The Morgan fingerprint density at radius 3 is 2.44 bits per heavy atom. The smallest absolute Gasteiger partial charge is 0.330 e. The number of carbonyl (C=O) groups is 2. The van der Waals surface area contributed by atoms with E-state index in [1.807, 2.05) is 30.3 Å². The van der Waals surface area contributed by atoms with Crippen LogP contribution in [0.25, 0.3) is 10.8 Å². The van der Waals surface area contributed by atoms with Crippen LogP contribution < -0.4 is 5.32 Å². The minimum atomic E-state index is -1.07. The second-order valence-electron chi connectivity index (χ2n) is 4.04. The number of rotatable bonds is 3. The third-order valence-corrected chi connectivity index (χ3v) is 2.73. The highest BCUT2D eigenvalue weighted by Gasteiger charge is 2.22. The van der Waals surface area contributed by atoms with Gasteiger partial charge in [0.2, 0.25) is 5.91 Å². The van der Waals surface area contributed by atoms with Crippen molar-refractivity contribution >= 4 is 22.6 Å². The third kappa shape index (κ3) is 2.32. The molecule has 0 aromatic heterocycles. The number of amides is 1. The van der Waals surface area contributed by atoms with Crippen LogP contribution in [-0.4, -0.2) is 17.0 Å². The van der Waals surface area contributed by atoms with Gasteiger partial charge in [0.15, 0.2) is 6.04 Å². The lowest BCUT2D eigenvalue weighted by atomic mass is 9.99. The predicted molar refractivity (Wildman–Crippen MR) is 68.1 cm³/mol. The first-order valence-corrected chi connectivity index (χ1v) is 5.57. The van der Waals surface area contributed by atoms with Crippen molar-refractivity contribution in [2.45, 2.75) is 13.0 Å². The largest absolute Gasteiger partial charge is 0.479 e. The van der Waals surface area contributed by atoms with E-state index in [2.05, 4.69) is 5.32 Å². The number of hydrogen-bond acceptors (Lipinski definition) is 2. The Hall–Kier alpha value is -2.36. The average Bonchev–Trinajstić information content (AvgIpc) is 2.35. The standard InChI is InChI=1S/C14H13NO3/c1-9(16)15-13(14(17)18)12-8-4-6-10-5-2-3-7-11(10)12/h2-8,13H,1H3,(H,15,16)(H,17,18)/t13-/m1/s1. The van der Waals surface area contributed by atoms with Gasteiger partial charge in [-0.1, -0.05) is 42.5 Å². The zero-order valence-electron chi connectivity index (χ0n) is 9.88. The molecule has 0 aliphatic heterocycles. The highest BCUT2D eigenvalue weighted by Crippen LogP contribution is 2.24. The number of fused-ring (bicyclic) bond motifs is 1. The van der Waals surface area contributed by atoms with Gasteiger partial charge in [-0.05, 0) is 16.3 Å². The maximum atomic E-state index is 11.3. The van der Waals surface area contributed by atoms with Crippen LogP contribution >= 0.6 is 0 Å². The second-order valence-corrected chi connectivity index (χ2v) is 4.04. The predicted octanol–water partition coefficient (Wildman–Crippen LogP) is 2.10. The summed E-state index contributed by atoms with van der Waals surface area (Å²) in [6.45, 7) is 1.31. The quantitative estimate of drug-likeness (QED) is 0.867. The fourth-order valence-electron chi connectivity index (χ4n) is 1.98. The zero-order valence-corrected chi connectivity index (χ0v) is 9.88. The Morgan fingerprint density at radius 2 is 1.78 bits per heavy atom. The number of benzene rings is 2. The van der Waals surface area contributed by atoms with Crippen LogP contribution in [0.15, 0.2) is 42.5 Å². The summed E-state index contributed by atoms with van der Waals surface area (Å²) in [7, 11) is 0. The summed E-state index contributed by atoms with van der Waals surface area (Å²) in [4.78, 5) is 22.4. The fraction of sp³-hybridized carbons (Fsp3) is 0.143. The van der Waals surface area contributed by atoms with Crippen molar-refractivity contribution in [2.24, 2.45) is 0 Å². The minimum absolute atomic E-state index is 0.365. The number of carboxylic acids is 1. The van der Waals surface area contributed by atoms with Crippen molar-refractivity contribution in [1.82, 2.24) is 5.32 Å². The molecule has 0 saturated heterocycles. The van der Waals surface area contributed by atoms with Crippen LogP contribution in [0, 0.1) is 0 Å². The number of nitrogens with one attached hydrogen (secondary N) is 1. The van der Waals surface area contributed by atoms with Crippen molar-refractivity contribution in [1.29, 1.82) is 0 Å². The first-order chi connectivity index (χ1) is 8.59. The molecule has 0 saturated carbocycles. The third-order valence-electron chi connectivity index (χ3n) is 2.73. The van der Waals surface area contributed by atoms with Crippen LogP contribution in [0.4, 0.5) is 0 Å². The van der Waals surface area contributed by atoms with Gasteiger partial charge < -0.3 is 10.4 Å². The molecule has 92 valence electrons. The first-order valence-electron chi connectivity index (χ1n) is 5.57. The lowest BCUT2D eigenvalue weighted by Gasteiger charge is -2.15. The molecule has 2 rings (SSSR count). The van der Waals surface area contributed by atoms with Gasteiger partial charge in [-0.25, -0.2) is 4.79 Å². The highest BCUT2D eigenvalue weighted by molar-refractivity contribution is 5.92. The van der Waals surface area contributed by atoms with E-state index in [0.29, 0.717) is 5.56 Å². The summed E-state index contributed by atoms with van der Waals surface area (Å²) >= 11 is 0. The van der Waals surface area contributed by atoms with Crippen LogP contribution in [0.3, 0.4) is 0 Å². The van der Waals surface area contributed by atoms with Crippen LogP contribution in [-0.2, 0) is 9.59 Å². The summed E-state index contributed by atoms with van der Waals surface area (Å²) in [6.07, 6.45) is 0. The van der Waals surface area contributed by atoms with E-state index in [4.69, 9.17) is 0 Å². The molecule has 4 heteroatoms. The lowest BCUT2D eigenvalue weighted by molar-refractivity contribution is -0.141. The van der Waals surface area contributed by atoms with Crippen LogP contribution in [0.5, 0.6) is 0 Å². The Labute approximate surface area is 104 Å². The molecule has 1 amide bonds. The van der Waals surface area contributed by atoms with E-state index in [1.165, 1.54) is 6.92 Å². The Balaban J connectivity index is 2.57. The molecule has 0 aliphatic carbocycles. The molecule has 0 aliphatic rings. The minimum Gasteiger partial charge on any atom is -0.479 e. The van der Waals surface area contributed by atoms with E-state index >= 15 is 0 Å². The molecule has 2 N–H and O–H groups in total. The summed E-state index contributed by atoms with van der Waals surface area (Å²) in [6, 6.07) is 11.9. The maximum absolute atomic E-state index is 11.3. The normalized spacial score (nSPS) is 12.1. The van der Waals surface area contributed by atoms with Crippen LogP contribution in [0.2, 0.25) is 0 Å². The number of aliphatic carboxylic acids is 1. The second kappa shape index (κ2) is 4.87. The molecule has 0 heterocycles. The van der Waals surface area contributed by atoms with Gasteiger partial charge in [-0.3, -0.25) is 4.79 Å². The van der Waals surface area contributed by atoms with Gasteiger partial charge >= 0.3 is 5.97 Å². The summed E-state index contributed by atoms with van der Waals surface area (Å²) in [5.74, 6) is -1.43. The molecule has 2 aromatic rings. The van der Waals surface area contributed by atoms with Crippen molar-refractivity contribution in [3.05, 3.63) is 48.0 Å². The molecule has 0 fully saturated rings. The molecular weight excluding hydrogens is 230 g/mol. The zero-order chi connectivity index (χ0) is 13.1. The molecule has 4 nitrogen and oxygen atoms in total. The van der Waals surface area contributed by atoms with Gasteiger partial charge in [0, 0.05) is 6.92 Å². The molecule has 18 heavy (non-hydrogen) atoms. The van der Waals surface area contributed by atoms with Gasteiger partial charge in [0.25, 0.3) is 0 Å². The topological polar surface area (TPSA) is 66.4 Å². The Bertz CT molecular complexity index is 602. The molecule has 0 unspecified atom stereocenters. The van der Waals surface area contributed by atoms with Crippen molar-refractivity contribution < 1.29 is 14.7 Å². The van der Waals surface area contributed by atoms with Gasteiger partial charge in [0.05, 0.1) is 0 Å². The lowest BCUT2D eigenvalue weighted by Crippen LogP contribution is -2.32. The van der Waals surface area contributed by atoms with Gasteiger partial charge in [-0.2, -0.15) is 0 Å². The summed E-state index contributed by atoms with van der Waals surface area (Å²) < 4.78 is 0. The molecule has 1 atom stereocenters. The van der Waals surface area contributed by atoms with Gasteiger partial charge in [-0.15, -0.1) is 0 Å². The maximum Gasteiger partial charge on any atom is 0.330 e. The highest BCUT2D eigenvalue weighted by atomic mass is 16.4. The van der Waals surface area contributed by atoms with E-state index in [9.17, 15) is 14.7 Å². The SMILES string of the molecule is CC(=O)N[C@@H](C(=O)O)c1cccc2ccccc12. The fourth-order valence-corrected chi connectivity index (χ4v) is 1.98. The van der Waals surface area contributed by atoms with E-state index < -0.39 is 12.0 Å². The average molecular weight is 243 g/mol. The monoisotopic (exact) mass is 243 g/mol. The number of hydrogen-bond donors (Lipinski definition) is 2. The molecule has 2 aromatic carbocycles. The van der Waals surface area contributed by atoms with E-state index in [1.54, 1.807) is 12.1 Å². The molecule has 0 spiro atoms. The number of carboxylic acid groups (broad SMARTS) is 1.